The Morgan fingerprint density at radius 2 is 2.35 bits per heavy atom. The number of aryl methyl sites for hydroxylation is 1. The summed E-state index contributed by atoms with van der Waals surface area (Å²) >= 11 is 6.03. The zero-order valence-corrected chi connectivity index (χ0v) is 10.7. The van der Waals surface area contributed by atoms with E-state index in [4.69, 9.17) is 16.0 Å². The Kier molecular flexibility index (Phi) is 3.86. The molecule has 0 fully saturated rings. The molecule has 1 unspecified atom stereocenters. The monoisotopic (exact) mass is 253 g/mol. The third-order valence-corrected chi connectivity index (χ3v) is 2.89. The third kappa shape index (κ3) is 2.70. The van der Waals surface area contributed by atoms with Crippen LogP contribution in [-0.4, -0.2) is 16.3 Å². The van der Waals surface area contributed by atoms with E-state index in [-0.39, 0.29) is 6.04 Å². The van der Waals surface area contributed by atoms with Crippen molar-refractivity contribution in [3.63, 3.8) is 0 Å². The van der Waals surface area contributed by atoms with Crippen molar-refractivity contribution in [2.24, 2.45) is 7.05 Å². The van der Waals surface area contributed by atoms with Gasteiger partial charge < -0.3 is 9.73 Å². The zero-order chi connectivity index (χ0) is 12.3. The first-order chi connectivity index (χ1) is 8.22. The lowest BCUT2D eigenvalue weighted by atomic mass is 10.1. The number of nitrogens with one attached hydrogen (secondary N) is 1. The molecule has 2 rings (SSSR count). The fourth-order valence-corrected chi connectivity index (χ4v) is 1.98. The van der Waals surface area contributed by atoms with Crippen LogP contribution in [-0.2, 0) is 7.05 Å². The van der Waals surface area contributed by atoms with Crippen LogP contribution in [0.15, 0.2) is 29.0 Å². The fraction of sp³-hybridized carbons (Fsp3) is 0.417. The van der Waals surface area contributed by atoms with Gasteiger partial charge >= 0.3 is 0 Å². The molecular formula is C12H16ClN3O. The Hall–Kier alpha value is -1.26. The van der Waals surface area contributed by atoms with Gasteiger partial charge in [-0.25, -0.2) is 0 Å². The molecule has 0 amide bonds. The largest absolute Gasteiger partial charge is 0.453 e. The van der Waals surface area contributed by atoms with Gasteiger partial charge in [-0.05, 0) is 36.7 Å². The molecule has 0 saturated carbocycles. The van der Waals surface area contributed by atoms with Gasteiger partial charge in [0.15, 0.2) is 5.22 Å². The van der Waals surface area contributed by atoms with Crippen LogP contribution < -0.4 is 5.32 Å². The summed E-state index contributed by atoms with van der Waals surface area (Å²) in [4.78, 5) is 0. The molecule has 0 spiro atoms. The second kappa shape index (κ2) is 5.38. The van der Waals surface area contributed by atoms with Gasteiger partial charge in [0, 0.05) is 18.8 Å². The number of rotatable bonds is 5. The quantitative estimate of drug-likeness (QED) is 0.891. The Labute approximate surface area is 106 Å². The SMILES string of the molecule is CCCNC(c1ccn(C)n1)c1ccoc1Cl. The van der Waals surface area contributed by atoms with E-state index < -0.39 is 0 Å². The molecule has 2 aromatic heterocycles. The highest BCUT2D eigenvalue weighted by Crippen LogP contribution is 2.28. The molecule has 2 heterocycles. The first-order valence-electron chi connectivity index (χ1n) is 5.68. The van der Waals surface area contributed by atoms with Gasteiger partial charge in [0.1, 0.15) is 0 Å². The fourth-order valence-electron chi connectivity index (χ4n) is 1.76. The van der Waals surface area contributed by atoms with Crippen molar-refractivity contribution in [3.8, 4) is 0 Å². The molecule has 0 aliphatic carbocycles. The third-order valence-electron chi connectivity index (χ3n) is 2.59. The smallest absolute Gasteiger partial charge is 0.198 e. The normalized spacial score (nSPS) is 12.9. The first kappa shape index (κ1) is 12.2. The average molecular weight is 254 g/mol. The topological polar surface area (TPSA) is 43.0 Å². The Morgan fingerprint density at radius 3 is 2.88 bits per heavy atom. The van der Waals surface area contributed by atoms with Crippen molar-refractivity contribution in [3.05, 3.63) is 41.1 Å². The summed E-state index contributed by atoms with van der Waals surface area (Å²) in [6, 6.07) is 3.85. The lowest BCUT2D eigenvalue weighted by Crippen LogP contribution is -2.23. The molecular weight excluding hydrogens is 238 g/mol. The van der Waals surface area contributed by atoms with Gasteiger partial charge in [0.2, 0.25) is 0 Å². The Morgan fingerprint density at radius 1 is 1.53 bits per heavy atom. The number of furan rings is 1. The minimum Gasteiger partial charge on any atom is -0.453 e. The van der Waals surface area contributed by atoms with Crippen LogP contribution in [0.4, 0.5) is 0 Å². The summed E-state index contributed by atoms with van der Waals surface area (Å²) in [6.07, 6.45) is 4.57. The minimum atomic E-state index is -0.0117. The highest BCUT2D eigenvalue weighted by molar-refractivity contribution is 6.29. The number of hydrogen-bond donors (Lipinski definition) is 1. The van der Waals surface area contributed by atoms with Crippen LogP contribution in [0.5, 0.6) is 0 Å². The van der Waals surface area contributed by atoms with E-state index >= 15 is 0 Å². The lowest BCUT2D eigenvalue weighted by Gasteiger charge is -2.15. The van der Waals surface area contributed by atoms with Crippen molar-refractivity contribution in [2.45, 2.75) is 19.4 Å². The molecule has 5 heteroatoms. The highest BCUT2D eigenvalue weighted by atomic mass is 35.5. The number of nitrogens with zero attached hydrogens (tertiary/aromatic N) is 2. The van der Waals surface area contributed by atoms with Gasteiger partial charge in [-0.2, -0.15) is 5.10 Å². The van der Waals surface area contributed by atoms with E-state index in [9.17, 15) is 0 Å². The molecule has 92 valence electrons. The van der Waals surface area contributed by atoms with Gasteiger partial charge in [-0.1, -0.05) is 6.92 Å². The lowest BCUT2D eigenvalue weighted by molar-refractivity contribution is 0.543. The molecule has 0 aliphatic rings. The van der Waals surface area contributed by atoms with E-state index in [2.05, 4.69) is 17.3 Å². The molecule has 1 atom stereocenters. The van der Waals surface area contributed by atoms with Crippen molar-refractivity contribution >= 4 is 11.6 Å². The zero-order valence-electron chi connectivity index (χ0n) is 9.98. The Balaban J connectivity index is 2.28. The second-order valence-electron chi connectivity index (χ2n) is 3.95. The van der Waals surface area contributed by atoms with Crippen molar-refractivity contribution in [1.29, 1.82) is 0 Å². The molecule has 0 aromatic carbocycles. The summed E-state index contributed by atoms with van der Waals surface area (Å²) in [5.41, 5.74) is 1.88. The molecule has 1 N–H and O–H groups in total. The van der Waals surface area contributed by atoms with Crippen LogP contribution in [0.3, 0.4) is 0 Å². The maximum atomic E-state index is 6.03. The van der Waals surface area contributed by atoms with E-state index in [1.54, 1.807) is 10.9 Å². The van der Waals surface area contributed by atoms with Gasteiger partial charge in [0.25, 0.3) is 0 Å². The van der Waals surface area contributed by atoms with E-state index in [0.29, 0.717) is 5.22 Å². The van der Waals surface area contributed by atoms with Gasteiger partial charge in [-0.15, -0.1) is 0 Å². The van der Waals surface area contributed by atoms with Gasteiger partial charge in [-0.3, -0.25) is 4.68 Å². The molecule has 0 bridgehead atoms. The van der Waals surface area contributed by atoms with E-state index in [1.807, 2.05) is 25.4 Å². The van der Waals surface area contributed by atoms with Crippen LogP contribution in [0.25, 0.3) is 0 Å². The summed E-state index contributed by atoms with van der Waals surface area (Å²) < 4.78 is 6.93. The van der Waals surface area contributed by atoms with Crippen LogP contribution >= 0.6 is 11.6 Å². The van der Waals surface area contributed by atoms with Crippen LogP contribution in [0.1, 0.15) is 30.6 Å². The molecule has 2 aromatic rings. The summed E-state index contributed by atoms with van der Waals surface area (Å²) in [6.45, 7) is 3.03. The summed E-state index contributed by atoms with van der Waals surface area (Å²) in [5.74, 6) is 0. The van der Waals surface area contributed by atoms with Crippen LogP contribution in [0, 0.1) is 0 Å². The number of hydrogen-bond acceptors (Lipinski definition) is 3. The van der Waals surface area contributed by atoms with Crippen molar-refractivity contribution in [2.75, 3.05) is 6.54 Å². The van der Waals surface area contributed by atoms with Crippen LogP contribution in [0.2, 0.25) is 5.22 Å². The highest BCUT2D eigenvalue weighted by Gasteiger charge is 2.20. The standard InChI is InChI=1S/C12H16ClN3O/c1-3-6-14-11(9-5-8-17-12(9)13)10-4-7-16(2)15-10/h4-5,7-8,11,14H,3,6H2,1-2H3. The minimum absolute atomic E-state index is 0.0117. The number of aromatic nitrogens is 2. The maximum Gasteiger partial charge on any atom is 0.198 e. The Bertz CT molecular complexity index is 478. The summed E-state index contributed by atoms with van der Waals surface area (Å²) in [7, 11) is 1.90. The molecule has 0 aliphatic heterocycles. The van der Waals surface area contributed by atoms with E-state index in [1.165, 1.54) is 0 Å². The van der Waals surface area contributed by atoms with Crippen molar-refractivity contribution in [1.82, 2.24) is 15.1 Å². The predicted molar refractivity (Wildman–Crippen MR) is 67.1 cm³/mol. The van der Waals surface area contributed by atoms with E-state index in [0.717, 1.165) is 24.2 Å². The predicted octanol–water partition coefficient (Wildman–Crippen LogP) is 2.76. The molecule has 4 nitrogen and oxygen atoms in total. The molecule has 17 heavy (non-hydrogen) atoms. The first-order valence-corrected chi connectivity index (χ1v) is 6.06. The second-order valence-corrected chi connectivity index (χ2v) is 4.29. The molecule has 0 saturated heterocycles. The van der Waals surface area contributed by atoms with Crippen molar-refractivity contribution < 1.29 is 4.42 Å². The average Bonchev–Trinajstić information content (AvgIpc) is 2.90. The number of halogens is 1. The maximum absolute atomic E-state index is 6.03. The summed E-state index contributed by atoms with van der Waals surface area (Å²) in [5, 5.41) is 8.26. The van der Waals surface area contributed by atoms with Gasteiger partial charge in [0.05, 0.1) is 18.0 Å². The molecule has 0 radical (unpaired) electrons.